The second kappa shape index (κ2) is 13.6. The van der Waals surface area contributed by atoms with Crippen molar-refractivity contribution in [3.8, 4) is 5.75 Å². The molecular weight excluding hydrogens is 628 g/mol. The summed E-state index contributed by atoms with van der Waals surface area (Å²) < 4.78 is 46.2. The molecule has 0 saturated heterocycles. The summed E-state index contributed by atoms with van der Waals surface area (Å²) in [5.74, 6) is -0.359. The molecule has 1 fully saturated rings. The second-order valence-corrected chi connectivity index (χ2v) is 15.5. The van der Waals surface area contributed by atoms with Gasteiger partial charge in [0.25, 0.3) is 5.91 Å². The summed E-state index contributed by atoms with van der Waals surface area (Å²) >= 11 is 6.41. The number of fused-ring (bicyclic) bond motifs is 4. The van der Waals surface area contributed by atoms with Crippen LogP contribution in [0.25, 0.3) is 0 Å². The Morgan fingerprint density at radius 1 is 1.20 bits per heavy atom. The molecule has 1 N–H and O–H groups in total. The third-order valence-electron chi connectivity index (χ3n) is 10.3. The van der Waals surface area contributed by atoms with Crippen molar-refractivity contribution < 1.29 is 32.2 Å². The third kappa shape index (κ3) is 6.94. The van der Waals surface area contributed by atoms with Crippen LogP contribution in [0.4, 0.5) is 5.69 Å². The van der Waals surface area contributed by atoms with Gasteiger partial charge in [-0.1, -0.05) is 43.2 Å². The summed E-state index contributed by atoms with van der Waals surface area (Å²) in [7, 11) is -2.55. The van der Waals surface area contributed by atoms with Gasteiger partial charge in [0.15, 0.2) is 0 Å². The van der Waals surface area contributed by atoms with Crippen molar-refractivity contribution in [2.75, 3.05) is 44.1 Å². The zero-order chi connectivity index (χ0) is 32.5. The Labute approximate surface area is 276 Å². The van der Waals surface area contributed by atoms with Gasteiger partial charge >= 0.3 is 5.97 Å². The minimum atomic E-state index is -3.90. The molecule has 0 radical (unpaired) electrons. The summed E-state index contributed by atoms with van der Waals surface area (Å²) in [6, 6.07) is 11.3. The molecule has 1 saturated carbocycles. The molecule has 0 aromatic heterocycles. The Hall–Kier alpha value is -3.08. The maximum absolute atomic E-state index is 13.4. The quantitative estimate of drug-likeness (QED) is 0.338. The predicted molar refractivity (Wildman–Crippen MR) is 177 cm³/mol. The molecule has 46 heavy (non-hydrogen) atoms. The lowest BCUT2D eigenvalue weighted by Gasteiger charge is -2.46. The standard InChI is InChI=1S/C35H43ClN2O7S/c1-3-23-6-4-8-31(44-19-33(39)43-2)28-12-9-26(28)18-38-21-35(15-5-7-24-16-27(36)11-13-29(24)35)22-45-32-14-10-25(17-30(32)38)34(40)37-46(41,42)20-23/h4,8,10-11,13-14,16-17,23,26,28,31H,3,5-7,9,12,15,18-22H2,1-2H3,(H,37,40)/b8-4+/t23-,26+,28-,31+,35+/m1/s1. The number of hydrogen-bond donors (Lipinski definition) is 1. The van der Waals surface area contributed by atoms with Crippen molar-refractivity contribution in [2.24, 2.45) is 17.8 Å². The first-order valence-corrected chi connectivity index (χ1v) is 18.3. The number of carbonyl (C=O) groups is 2. The zero-order valence-electron chi connectivity index (χ0n) is 26.5. The van der Waals surface area contributed by atoms with Gasteiger partial charge in [-0.15, -0.1) is 0 Å². The van der Waals surface area contributed by atoms with Crippen LogP contribution in [-0.2, 0) is 36.1 Å². The van der Waals surface area contributed by atoms with Crippen molar-refractivity contribution in [1.82, 2.24) is 4.72 Å². The number of ether oxygens (including phenoxy) is 3. The van der Waals surface area contributed by atoms with Gasteiger partial charge in [0.1, 0.15) is 12.4 Å². The van der Waals surface area contributed by atoms with Gasteiger partial charge in [0.05, 0.1) is 31.3 Å². The van der Waals surface area contributed by atoms with Crippen LogP contribution in [0.2, 0.25) is 5.02 Å². The highest BCUT2D eigenvalue weighted by Gasteiger charge is 2.44. The van der Waals surface area contributed by atoms with Gasteiger partial charge in [-0.25, -0.2) is 17.9 Å². The smallest absolute Gasteiger partial charge is 0.331 e. The average Bonchev–Trinajstić information content (AvgIpc) is 3.17. The van der Waals surface area contributed by atoms with Crippen molar-refractivity contribution >= 4 is 39.2 Å². The van der Waals surface area contributed by atoms with Crippen LogP contribution in [0.1, 0.15) is 66.9 Å². The molecule has 2 aromatic rings. The molecule has 5 atom stereocenters. The number of benzene rings is 2. The Morgan fingerprint density at radius 3 is 2.80 bits per heavy atom. The van der Waals surface area contributed by atoms with Crippen LogP contribution in [0.15, 0.2) is 48.6 Å². The molecule has 2 aliphatic carbocycles. The molecule has 4 aliphatic rings. The van der Waals surface area contributed by atoms with E-state index in [2.05, 4.69) is 21.8 Å². The van der Waals surface area contributed by atoms with Gasteiger partial charge in [-0.3, -0.25) is 4.79 Å². The maximum Gasteiger partial charge on any atom is 0.331 e. The number of rotatable bonds is 4. The minimum Gasteiger partial charge on any atom is -0.490 e. The van der Waals surface area contributed by atoms with E-state index < -0.39 is 21.9 Å². The van der Waals surface area contributed by atoms with E-state index in [-0.39, 0.29) is 47.2 Å². The summed E-state index contributed by atoms with van der Waals surface area (Å²) in [6.07, 6.45) is 9.61. The summed E-state index contributed by atoms with van der Waals surface area (Å²) in [4.78, 5) is 27.8. The molecule has 2 bridgehead atoms. The lowest BCUT2D eigenvalue weighted by atomic mass is 9.68. The number of methoxy groups -OCH3 is 1. The largest absolute Gasteiger partial charge is 0.490 e. The molecule has 9 nitrogen and oxygen atoms in total. The van der Waals surface area contributed by atoms with Gasteiger partial charge in [0.2, 0.25) is 10.0 Å². The third-order valence-corrected chi connectivity index (χ3v) is 12.0. The Balaban J connectivity index is 1.40. The highest BCUT2D eigenvalue weighted by molar-refractivity contribution is 7.90. The zero-order valence-corrected chi connectivity index (χ0v) is 28.1. The Kier molecular flexibility index (Phi) is 9.69. The van der Waals surface area contributed by atoms with E-state index in [0.29, 0.717) is 38.3 Å². The first kappa shape index (κ1) is 32.8. The number of esters is 1. The topological polar surface area (TPSA) is 111 Å². The van der Waals surface area contributed by atoms with E-state index in [9.17, 15) is 18.0 Å². The van der Waals surface area contributed by atoms with Crippen LogP contribution >= 0.6 is 11.6 Å². The molecule has 1 spiro atoms. The minimum absolute atomic E-state index is 0.154. The van der Waals surface area contributed by atoms with Gasteiger partial charge in [-0.05, 0) is 97.7 Å². The maximum atomic E-state index is 13.4. The molecule has 6 rings (SSSR count). The van der Waals surface area contributed by atoms with Crippen LogP contribution in [0.5, 0.6) is 5.75 Å². The van der Waals surface area contributed by atoms with Crippen molar-refractivity contribution in [3.63, 3.8) is 0 Å². The number of nitrogens with zero attached hydrogens (tertiary/aromatic N) is 1. The van der Waals surface area contributed by atoms with Crippen LogP contribution in [0, 0.1) is 17.8 Å². The van der Waals surface area contributed by atoms with Crippen LogP contribution in [-0.4, -0.2) is 65.6 Å². The summed E-state index contributed by atoms with van der Waals surface area (Å²) in [5.41, 5.74) is 3.23. The fourth-order valence-electron chi connectivity index (χ4n) is 7.65. The lowest BCUT2D eigenvalue weighted by Crippen LogP contribution is -2.49. The van der Waals surface area contributed by atoms with E-state index in [1.165, 1.54) is 18.2 Å². The average molecular weight is 671 g/mol. The first-order valence-electron chi connectivity index (χ1n) is 16.3. The number of anilines is 1. The van der Waals surface area contributed by atoms with Gasteiger partial charge in [0, 0.05) is 29.1 Å². The fraction of sp³-hybridized carbons (Fsp3) is 0.543. The molecular formula is C35H43ClN2O7S. The highest BCUT2D eigenvalue weighted by atomic mass is 35.5. The number of hydrogen-bond acceptors (Lipinski definition) is 8. The number of aryl methyl sites for hydroxylation is 1. The molecule has 1 amide bonds. The van der Waals surface area contributed by atoms with Crippen LogP contribution in [0.3, 0.4) is 0 Å². The number of carbonyl (C=O) groups excluding carboxylic acids is 2. The normalized spacial score (nSPS) is 29.6. The SMILES string of the molecule is CC[C@@H]1C/C=C/[C@H](OCC(=O)OC)[C@@H]2CC[C@H]2CN2C[C@@]3(CCCc4cc(Cl)ccc43)COc3ccc(cc32)C(=O)NS(=O)(=O)C1. The van der Waals surface area contributed by atoms with E-state index in [0.717, 1.165) is 42.8 Å². The predicted octanol–water partition coefficient (Wildman–Crippen LogP) is 5.44. The van der Waals surface area contributed by atoms with E-state index in [1.807, 2.05) is 25.1 Å². The molecule has 2 heterocycles. The molecule has 2 aliphatic heterocycles. The van der Waals surface area contributed by atoms with Gasteiger partial charge in [-0.2, -0.15) is 0 Å². The van der Waals surface area contributed by atoms with E-state index >= 15 is 0 Å². The van der Waals surface area contributed by atoms with Crippen molar-refractivity contribution in [2.45, 2.75) is 63.4 Å². The van der Waals surface area contributed by atoms with Crippen LogP contribution < -0.4 is 14.4 Å². The number of amides is 1. The second-order valence-electron chi connectivity index (χ2n) is 13.3. The van der Waals surface area contributed by atoms with Crippen molar-refractivity contribution in [3.05, 3.63) is 70.3 Å². The molecule has 248 valence electrons. The lowest BCUT2D eigenvalue weighted by molar-refractivity contribution is -0.149. The number of allylic oxidation sites excluding steroid dienone is 1. The number of sulfonamides is 1. The number of halogens is 1. The Bertz CT molecular complexity index is 1610. The summed E-state index contributed by atoms with van der Waals surface area (Å²) in [5, 5.41) is 0.720. The monoisotopic (exact) mass is 670 g/mol. The molecule has 0 unspecified atom stereocenters. The van der Waals surface area contributed by atoms with Gasteiger partial charge < -0.3 is 19.1 Å². The fourth-order valence-corrected chi connectivity index (χ4v) is 9.32. The summed E-state index contributed by atoms with van der Waals surface area (Å²) in [6.45, 7) is 3.62. The first-order chi connectivity index (χ1) is 22.1. The highest BCUT2D eigenvalue weighted by Crippen LogP contribution is 2.47. The van der Waals surface area contributed by atoms with E-state index in [4.69, 9.17) is 25.8 Å². The molecule has 2 aromatic carbocycles. The Morgan fingerprint density at radius 2 is 2.04 bits per heavy atom. The number of nitrogens with one attached hydrogen (secondary N) is 1. The van der Waals surface area contributed by atoms with Crippen molar-refractivity contribution in [1.29, 1.82) is 0 Å². The molecule has 11 heteroatoms. The van der Waals surface area contributed by atoms with E-state index in [1.54, 1.807) is 18.2 Å².